The number of nitrogens with zero attached hydrogens (tertiary/aromatic N) is 1. The highest BCUT2D eigenvalue weighted by Crippen LogP contribution is 2.36. The van der Waals surface area contributed by atoms with Gasteiger partial charge in [0.25, 0.3) is 5.91 Å². The van der Waals surface area contributed by atoms with E-state index in [4.69, 9.17) is 11.6 Å². The van der Waals surface area contributed by atoms with Crippen LogP contribution in [0.5, 0.6) is 0 Å². The number of hydrogen-bond donors (Lipinski definition) is 2. The third-order valence-electron chi connectivity index (χ3n) is 3.61. The van der Waals surface area contributed by atoms with Gasteiger partial charge in [0.2, 0.25) is 0 Å². The van der Waals surface area contributed by atoms with E-state index >= 15 is 0 Å². The van der Waals surface area contributed by atoms with Crippen molar-refractivity contribution in [3.63, 3.8) is 0 Å². The number of carbonyl (C=O) groups is 1. The number of aromatic nitrogens is 1. The fraction of sp³-hybridized carbons (Fsp3) is 0.312. The molecule has 1 atom stereocenters. The van der Waals surface area contributed by atoms with Crippen LogP contribution in [0.25, 0.3) is 0 Å². The number of halogens is 4. The van der Waals surface area contributed by atoms with Crippen molar-refractivity contribution in [3.8, 4) is 0 Å². The molecule has 10 heteroatoms. The van der Waals surface area contributed by atoms with Gasteiger partial charge in [0.05, 0.1) is 21.0 Å². The second-order valence-electron chi connectivity index (χ2n) is 5.84. The molecule has 0 saturated carbocycles. The zero-order valence-corrected chi connectivity index (χ0v) is 16.0. The van der Waals surface area contributed by atoms with E-state index in [-0.39, 0.29) is 22.1 Å². The topological polar surface area (TPSA) is 65.2 Å². The molecule has 0 aliphatic heterocycles. The Labute approximate surface area is 156 Å². The quantitative estimate of drug-likeness (QED) is 0.800. The van der Waals surface area contributed by atoms with Crippen LogP contribution in [0.2, 0.25) is 5.02 Å². The molecule has 2 N–H and O–H groups in total. The summed E-state index contributed by atoms with van der Waals surface area (Å²) in [6.45, 7) is 3.34. The highest BCUT2D eigenvalue weighted by molar-refractivity contribution is 7.86. The second kappa shape index (κ2) is 7.32. The molecule has 0 fully saturated rings. The number of H-pyrrole nitrogens is 1. The van der Waals surface area contributed by atoms with Gasteiger partial charge in [-0.25, -0.2) is 4.21 Å². The van der Waals surface area contributed by atoms with Gasteiger partial charge in [0, 0.05) is 31.2 Å². The molecule has 0 radical (unpaired) electrons. The van der Waals surface area contributed by atoms with E-state index in [1.165, 1.54) is 4.90 Å². The molecule has 1 aromatic carbocycles. The van der Waals surface area contributed by atoms with Gasteiger partial charge in [-0.3, -0.25) is 4.79 Å². The van der Waals surface area contributed by atoms with E-state index in [0.29, 0.717) is 11.4 Å². The molecule has 142 valence electrons. The van der Waals surface area contributed by atoms with Crippen LogP contribution in [0.3, 0.4) is 0 Å². The Morgan fingerprint density at radius 1 is 1.23 bits per heavy atom. The predicted octanol–water partition coefficient (Wildman–Crippen LogP) is 4.14. The first-order valence-corrected chi connectivity index (χ1v) is 8.92. The first kappa shape index (κ1) is 20.3. The lowest BCUT2D eigenvalue weighted by molar-refractivity contribution is -0.137. The highest BCUT2D eigenvalue weighted by atomic mass is 35.5. The summed E-state index contributed by atoms with van der Waals surface area (Å²) in [6, 6.07) is 2.99. The number of carbonyl (C=O) groups excluding carboxylic acids is 1. The Morgan fingerprint density at radius 2 is 1.85 bits per heavy atom. The molecule has 0 aliphatic carbocycles. The number of alkyl halides is 3. The number of aryl methyl sites for hydroxylation is 2. The monoisotopic (exact) mass is 407 g/mol. The van der Waals surface area contributed by atoms with Crippen molar-refractivity contribution < 1.29 is 22.2 Å². The number of amides is 1. The van der Waals surface area contributed by atoms with Gasteiger partial charge in [-0.15, -0.1) is 0 Å². The van der Waals surface area contributed by atoms with Gasteiger partial charge in [-0.1, -0.05) is 11.6 Å². The van der Waals surface area contributed by atoms with Crippen molar-refractivity contribution in [1.29, 1.82) is 0 Å². The first-order valence-electron chi connectivity index (χ1n) is 7.39. The lowest BCUT2D eigenvalue weighted by Gasteiger charge is -2.14. The minimum absolute atomic E-state index is 0.142. The average molecular weight is 408 g/mol. The molecular formula is C16H17ClF3N3O2S. The maximum absolute atomic E-state index is 12.8. The molecule has 1 unspecified atom stereocenters. The number of aromatic amines is 1. The summed E-state index contributed by atoms with van der Waals surface area (Å²) in [7, 11) is 1.26. The summed E-state index contributed by atoms with van der Waals surface area (Å²) in [5, 5.41) is -0.508. The van der Waals surface area contributed by atoms with Crippen LogP contribution in [0.4, 0.5) is 18.9 Å². The molecule has 0 spiro atoms. The Balaban J connectivity index is 2.37. The fourth-order valence-electron chi connectivity index (χ4n) is 2.44. The van der Waals surface area contributed by atoms with Gasteiger partial charge < -0.3 is 14.6 Å². The maximum Gasteiger partial charge on any atom is 0.417 e. The van der Waals surface area contributed by atoms with Gasteiger partial charge >= 0.3 is 6.18 Å². The molecule has 2 aromatic rings. The van der Waals surface area contributed by atoms with Gasteiger partial charge in [-0.05, 0) is 32.0 Å². The van der Waals surface area contributed by atoms with E-state index in [9.17, 15) is 22.2 Å². The summed E-state index contributed by atoms with van der Waals surface area (Å²) in [4.78, 5) is 16.9. The second-order valence-corrected chi connectivity index (χ2v) is 7.40. The number of rotatable bonds is 4. The summed E-state index contributed by atoms with van der Waals surface area (Å²) < 4.78 is 53.6. The Bertz CT molecular complexity index is 878. The van der Waals surface area contributed by atoms with Gasteiger partial charge in [0.15, 0.2) is 11.0 Å². The van der Waals surface area contributed by atoms with Crippen molar-refractivity contribution in [1.82, 2.24) is 9.88 Å². The van der Waals surface area contributed by atoms with Crippen molar-refractivity contribution in [2.75, 3.05) is 18.8 Å². The van der Waals surface area contributed by atoms with Crippen LogP contribution in [-0.2, 0) is 17.2 Å². The van der Waals surface area contributed by atoms with Crippen LogP contribution in [0.15, 0.2) is 23.1 Å². The molecule has 2 rings (SSSR count). The average Bonchev–Trinajstić information content (AvgIpc) is 2.79. The molecule has 5 nitrogen and oxygen atoms in total. The van der Waals surface area contributed by atoms with Crippen molar-refractivity contribution >= 4 is 34.2 Å². The van der Waals surface area contributed by atoms with E-state index in [2.05, 4.69) is 9.71 Å². The molecule has 26 heavy (non-hydrogen) atoms. The van der Waals surface area contributed by atoms with Crippen LogP contribution >= 0.6 is 11.6 Å². The molecule has 1 aromatic heterocycles. The zero-order chi connectivity index (χ0) is 19.8. The van der Waals surface area contributed by atoms with Crippen molar-refractivity contribution in [2.24, 2.45) is 0 Å². The maximum atomic E-state index is 12.8. The van der Waals surface area contributed by atoms with E-state index in [0.717, 1.165) is 18.2 Å². The minimum atomic E-state index is -4.57. The zero-order valence-electron chi connectivity index (χ0n) is 14.4. The standard InChI is InChI=1S/C16H17ClF3N3O2S/c1-8-13(15(24)23(3)4)14(9(2)21-8)26(25)22-10-5-6-11(12(17)7-10)16(18,19)20/h5-7,21-22H,1-4H3. The fourth-order valence-corrected chi connectivity index (χ4v) is 3.92. The van der Waals surface area contributed by atoms with Crippen LogP contribution in [0.1, 0.15) is 27.3 Å². The van der Waals surface area contributed by atoms with Crippen LogP contribution in [0, 0.1) is 13.8 Å². The molecule has 0 aliphatic rings. The molecular weight excluding hydrogens is 391 g/mol. The number of hydrogen-bond acceptors (Lipinski definition) is 2. The number of anilines is 1. The van der Waals surface area contributed by atoms with E-state index in [1.54, 1.807) is 27.9 Å². The Kier molecular flexibility index (Phi) is 5.72. The highest BCUT2D eigenvalue weighted by Gasteiger charge is 2.33. The van der Waals surface area contributed by atoms with Gasteiger partial charge in [-0.2, -0.15) is 13.2 Å². The minimum Gasteiger partial charge on any atom is -0.361 e. The Morgan fingerprint density at radius 3 is 2.35 bits per heavy atom. The van der Waals surface area contributed by atoms with Crippen molar-refractivity contribution in [3.05, 3.63) is 45.7 Å². The van der Waals surface area contributed by atoms with Crippen LogP contribution in [-0.4, -0.2) is 34.1 Å². The lowest BCUT2D eigenvalue weighted by atomic mass is 10.2. The Hall–Kier alpha value is -2.00. The number of nitrogens with one attached hydrogen (secondary N) is 2. The SMILES string of the molecule is Cc1[nH]c(C)c(S(=O)Nc2ccc(C(F)(F)F)c(Cl)c2)c1C(=O)N(C)C. The molecule has 0 bridgehead atoms. The molecule has 1 heterocycles. The summed E-state index contributed by atoms with van der Waals surface area (Å²) in [5.41, 5.74) is 0.500. The largest absolute Gasteiger partial charge is 0.417 e. The summed E-state index contributed by atoms with van der Waals surface area (Å²) in [5.74, 6) is -0.331. The smallest absolute Gasteiger partial charge is 0.361 e. The first-order chi connectivity index (χ1) is 11.9. The van der Waals surface area contributed by atoms with Gasteiger partial charge in [0.1, 0.15) is 0 Å². The third kappa shape index (κ3) is 4.04. The van der Waals surface area contributed by atoms with Crippen molar-refractivity contribution in [2.45, 2.75) is 24.9 Å². The molecule has 0 saturated heterocycles. The predicted molar refractivity (Wildman–Crippen MR) is 94.8 cm³/mol. The summed E-state index contributed by atoms with van der Waals surface area (Å²) in [6.07, 6.45) is -4.57. The lowest BCUT2D eigenvalue weighted by Crippen LogP contribution is -2.24. The van der Waals surface area contributed by atoms with Crippen LogP contribution < -0.4 is 4.72 Å². The third-order valence-corrected chi connectivity index (χ3v) is 5.22. The van der Waals surface area contributed by atoms with E-state index in [1.807, 2.05) is 0 Å². The van der Waals surface area contributed by atoms with E-state index < -0.39 is 27.7 Å². The summed E-state index contributed by atoms with van der Waals surface area (Å²) >= 11 is 5.68. The number of benzene rings is 1. The molecule has 1 amide bonds. The normalized spacial score (nSPS) is 12.8.